The van der Waals surface area contributed by atoms with Crippen molar-refractivity contribution in [3.63, 3.8) is 0 Å². The number of hydrogen-bond donors (Lipinski definition) is 5. The van der Waals surface area contributed by atoms with Crippen molar-refractivity contribution in [1.29, 1.82) is 0 Å². The lowest BCUT2D eigenvalue weighted by Gasteiger charge is -2.44. The van der Waals surface area contributed by atoms with Crippen molar-refractivity contribution in [2.24, 2.45) is 5.92 Å². The molecule has 0 radical (unpaired) electrons. The van der Waals surface area contributed by atoms with Crippen LogP contribution in [0.4, 0.5) is 3.89 Å². The number of ether oxygens (including phenoxy) is 2. The molecular weight excluding hydrogens is 459 g/mol. The number of rotatable bonds is 5. The zero-order valence-corrected chi connectivity index (χ0v) is 19.4. The Morgan fingerprint density at radius 1 is 1.30 bits per heavy atom. The van der Waals surface area contributed by atoms with Crippen LogP contribution in [0.3, 0.4) is 0 Å². The predicted octanol–water partition coefficient (Wildman–Crippen LogP) is 0.0460. The van der Waals surface area contributed by atoms with Crippen molar-refractivity contribution >= 4 is 41.4 Å². The number of amides is 1. The maximum absolute atomic E-state index is 12.9. The number of aliphatic hydroxyl groups excluding tert-OH is 3. The summed E-state index contributed by atoms with van der Waals surface area (Å²) >= 11 is 7.75. The van der Waals surface area contributed by atoms with E-state index in [1.165, 1.54) is 18.0 Å². The van der Waals surface area contributed by atoms with Gasteiger partial charge in [-0.05, 0) is 13.2 Å². The second kappa shape index (κ2) is 12.2. The Bertz CT molecular complexity index is 591. The molecule has 30 heavy (non-hydrogen) atoms. The summed E-state index contributed by atoms with van der Waals surface area (Å²) in [4.78, 5) is 12.9. The molecule has 2 fully saturated rings. The summed E-state index contributed by atoms with van der Waals surface area (Å²) in [6, 6.07) is -1.29. The molecule has 174 valence electrons. The third-order valence-electron chi connectivity index (χ3n) is 5.37. The van der Waals surface area contributed by atoms with Crippen LogP contribution in [-0.4, -0.2) is 100 Å². The number of carbonyl (C=O) groups is 1. The van der Waals surface area contributed by atoms with Gasteiger partial charge in [0.05, 0.1) is 24.1 Å². The standard InChI is InChI=1S/C17H27ClN2O6S.CH3FS/c1-7(18)9(15-12(22)11(21)13(23)17(26-15)27-2)20-16(24)10-14-8(6-19-10)4-3-5-25-14;1-3-2/h3-4,7-15,17,19,21-23H,5-6H2,1-2H3,(H,20,24);1H3/t7-,8-,9+,10-,11+,12?,13+,14+,15+,17?;/m0./s1. The first-order valence-electron chi connectivity index (χ1n) is 9.60. The number of halogens is 2. The Hall–Kier alpha value is -0.110. The topological polar surface area (TPSA) is 120 Å². The highest BCUT2D eigenvalue weighted by Crippen LogP contribution is 2.30. The minimum absolute atomic E-state index is 0.135. The molecule has 3 aliphatic heterocycles. The van der Waals surface area contributed by atoms with Gasteiger partial charge >= 0.3 is 0 Å². The molecule has 2 saturated heterocycles. The van der Waals surface area contributed by atoms with Crippen LogP contribution in [0.25, 0.3) is 0 Å². The summed E-state index contributed by atoms with van der Waals surface area (Å²) < 4.78 is 21.7. The largest absolute Gasteiger partial charge is 0.388 e. The lowest BCUT2D eigenvalue weighted by Crippen LogP contribution is -2.65. The number of fused-ring (bicyclic) bond motifs is 1. The van der Waals surface area contributed by atoms with Crippen LogP contribution in [0.5, 0.6) is 0 Å². The van der Waals surface area contributed by atoms with Crippen LogP contribution in [0.2, 0.25) is 0 Å². The number of carbonyl (C=O) groups excluding carboxylic acids is 1. The summed E-state index contributed by atoms with van der Waals surface area (Å²) in [5.74, 6) is -0.164. The maximum Gasteiger partial charge on any atom is 0.240 e. The molecule has 12 heteroatoms. The van der Waals surface area contributed by atoms with Crippen LogP contribution in [-0.2, 0) is 14.3 Å². The van der Waals surface area contributed by atoms with E-state index in [4.69, 9.17) is 21.1 Å². The van der Waals surface area contributed by atoms with Gasteiger partial charge in [-0.2, -0.15) is 3.89 Å². The average molecular weight is 489 g/mol. The molecule has 3 aliphatic rings. The summed E-state index contributed by atoms with van der Waals surface area (Å²) in [5.41, 5.74) is -0.732. The highest BCUT2D eigenvalue weighted by Gasteiger charge is 2.49. The number of hydrogen-bond acceptors (Lipinski definition) is 9. The number of thioether (sulfide) groups is 1. The first-order valence-corrected chi connectivity index (χ1v) is 12.4. The zero-order valence-electron chi connectivity index (χ0n) is 17.0. The molecule has 5 N–H and O–H groups in total. The summed E-state index contributed by atoms with van der Waals surface area (Å²) in [6.07, 6.45) is 1.87. The van der Waals surface area contributed by atoms with Gasteiger partial charge in [0.15, 0.2) is 0 Å². The number of alkyl halides is 1. The maximum atomic E-state index is 12.9. The Balaban J connectivity index is 0.00000101. The molecule has 3 rings (SSSR count). The molecule has 0 saturated carbocycles. The normalized spacial score (nSPS) is 40.0. The van der Waals surface area contributed by atoms with Crippen molar-refractivity contribution in [2.45, 2.75) is 60.3 Å². The van der Waals surface area contributed by atoms with Crippen molar-refractivity contribution < 1.29 is 33.5 Å². The van der Waals surface area contributed by atoms with Gasteiger partial charge in [0.25, 0.3) is 0 Å². The quantitative estimate of drug-likeness (QED) is 0.270. The molecule has 0 aromatic carbocycles. The van der Waals surface area contributed by atoms with Crippen molar-refractivity contribution in [2.75, 3.05) is 25.7 Å². The van der Waals surface area contributed by atoms with Gasteiger partial charge in [-0.25, -0.2) is 0 Å². The molecule has 0 aromatic rings. The lowest BCUT2D eigenvalue weighted by atomic mass is 9.92. The van der Waals surface area contributed by atoms with Crippen molar-refractivity contribution in [3.05, 3.63) is 12.2 Å². The molecule has 8 nitrogen and oxygen atoms in total. The Kier molecular flexibility index (Phi) is 10.6. The highest BCUT2D eigenvalue weighted by molar-refractivity contribution is 7.99. The fraction of sp³-hybridized carbons (Fsp3) is 0.833. The fourth-order valence-corrected chi connectivity index (χ4v) is 4.74. The van der Waals surface area contributed by atoms with Gasteiger partial charge < -0.3 is 35.4 Å². The predicted molar refractivity (Wildman–Crippen MR) is 116 cm³/mol. The van der Waals surface area contributed by atoms with Crippen LogP contribution in [0, 0.1) is 5.92 Å². The summed E-state index contributed by atoms with van der Waals surface area (Å²) in [5, 5.41) is 36.0. The van der Waals surface area contributed by atoms with E-state index in [1.54, 1.807) is 13.2 Å². The Morgan fingerprint density at radius 2 is 1.97 bits per heavy atom. The van der Waals surface area contributed by atoms with E-state index < -0.39 is 47.3 Å². The van der Waals surface area contributed by atoms with E-state index in [0.29, 0.717) is 13.2 Å². The molecular formula is C18H30ClFN2O6S2. The van der Waals surface area contributed by atoms with Crippen LogP contribution >= 0.6 is 35.5 Å². The van der Waals surface area contributed by atoms with Gasteiger partial charge in [0.2, 0.25) is 5.91 Å². The second-order valence-corrected chi connectivity index (χ2v) is 9.25. The van der Waals surface area contributed by atoms with Gasteiger partial charge in [-0.1, -0.05) is 12.2 Å². The molecule has 0 bridgehead atoms. The van der Waals surface area contributed by atoms with Crippen LogP contribution < -0.4 is 10.6 Å². The van der Waals surface area contributed by atoms with Crippen molar-refractivity contribution in [3.8, 4) is 0 Å². The smallest absolute Gasteiger partial charge is 0.240 e. The summed E-state index contributed by atoms with van der Waals surface area (Å²) in [6.45, 7) is 2.78. The van der Waals surface area contributed by atoms with E-state index in [2.05, 4.69) is 10.6 Å². The third kappa shape index (κ3) is 6.02. The van der Waals surface area contributed by atoms with E-state index >= 15 is 0 Å². The van der Waals surface area contributed by atoms with Gasteiger partial charge in [-0.3, -0.25) is 4.79 Å². The average Bonchev–Trinajstić information content (AvgIpc) is 3.15. The lowest BCUT2D eigenvalue weighted by molar-refractivity contribution is -0.205. The summed E-state index contributed by atoms with van der Waals surface area (Å²) in [7, 11) is 0. The Morgan fingerprint density at radius 3 is 2.57 bits per heavy atom. The van der Waals surface area contributed by atoms with Crippen LogP contribution in [0.1, 0.15) is 6.92 Å². The van der Waals surface area contributed by atoms with E-state index in [-0.39, 0.29) is 30.1 Å². The molecule has 0 aliphatic carbocycles. The minimum Gasteiger partial charge on any atom is -0.388 e. The van der Waals surface area contributed by atoms with E-state index in [9.17, 15) is 24.0 Å². The molecule has 1 amide bonds. The van der Waals surface area contributed by atoms with E-state index in [0.717, 1.165) is 0 Å². The Labute approximate surface area is 189 Å². The highest BCUT2D eigenvalue weighted by atomic mass is 35.5. The fourth-order valence-electron chi connectivity index (χ4n) is 3.86. The monoisotopic (exact) mass is 488 g/mol. The number of aliphatic hydroxyl groups is 3. The van der Waals surface area contributed by atoms with Gasteiger partial charge in [-0.15, -0.1) is 23.4 Å². The molecule has 3 heterocycles. The molecule has 0 aromatic heterocycles. The first-order chi connectivity index (χ1) is 14.3. The minimum atomic E-state index is -1.39. The molecule has 0 spiro atoms. The van der Waals surface area contributed by atoms with E-state index in [1.807, 2.05) is 12.2 Å². The van der Waals surface area contributed by atoms with Gasteiger partial charge in [0, 0.05) is 30.9 Å². The van der Waals surface area contributed by atoms with Gasteiger partial charge in [0.1, 0.15) is 35.9 Å². The zero-order chi connectivity index (χ0) is 22.4. The SMILES string of the molecule is CSC1O[C@H]([C@H](NC(=O)[C@H]2NC[C@@H]3C=CCO[C@@H]23)[C@H](C)Cl)C(O)[C@@H](O)[C@H]1O.CSF. The molecule has 10 atom stereocenters. The molecule has 2 unspecified atom stereocenters. The van der Waals surface area contributed by atoms with Crippen molar-refractivity contribution in [1.82, 2.24) is 10.6 Å². The number of nitrogens with one attached hydrogen (secondary N) is 2. The van der Waals surface area contributed by atoms with Crippen LogP contribution in [0.15, 0.2) is 12.2 Å². The second-order valence-electron chi connectivity index (χ2n) is 7.32. The first kappa shape index (κ1) is 26.1. The third-order valence-corrected chi connectivity index (χ3v) is 6.50.